The van der Waals surface area contributed by atoms with E-state index in [-0.39, 0.29) is 18.4 Å². The van der Waals surface area contributed by atoms with Crippen LogP contribution in [0.25, 0.3) is 0 Å². The Morgan fingerprint density at radius 3 is 2.88 bits per heavy atom. The summed E-state index contributed by atoms with van der Waals surface area (Å²) in [5.74, 6) is 0.317. The van der Waals surface area contributed by atoms with Crippen LogP contribution in [0.4, 0.5) is 0 Å². The summed E-state index contributed by atoms with van der Waals surface area (Å²) in [4.78, 5) is 24.9. The van der Waals surface area contributed by atoms with Crippen LogP contribution in [0.1, 0.15) is 19.6 Å². The highest BCUT2D eigenvalue weighted by Crippen LogP contribution is 2.13. The van der Waals surface area contributed by atoms with Crippen LogP contribution in [-0.2, 0) is 16.1 Å². The molecule has 0 spiro atoms. The van der Waals surface area contributed by atoms with E-state index in [1.165, 1.54) is 11.1 Å². The minimum Gasteiger partial charge on any atom is -0.360 e. The van der Waals surface area contributed by atoms with E-state index in [2.05, 4.69) is 10.5 Å². The van der Waals surface area contributed by atoms with Gasteiger partial charge in [0.2, 0.25) is 11.8 Å². The van der Waals surface area contributed by atoms with Gasteiger partial charge in [0.05, 0.1) is 12.7 Å². The van der Waals surface area contributed by atoms with Crippen molar-refractivity contribution in [2.24, 2.45) is 0 Å². The molecule has 1 aliphatic rings. The number of piperazine rings is 1. The van der Waals surface area contributed by atoms with Crippen molar-refractivity contribution in [3.05, 3.63) is 18.0 Å². The third-order valence-corrected chi connectivity index (χ3v) is 2.68. The molecule has 6 heteroatoms. The van der Waals surface area contributed by atoms with E-state index in [9.17, 15) is 9.59 Å². The third-order valence-electron chi connectivity index (χ3n) is 2.68. The summed E-state index contributed by atoms with van der Waals surface area (Å²) < 4.78 is 4.93. The van der Waals surface area contributed by atoms with Gasteiger partial charge in [-0.2, -0.15) is 0 Å². The number of carbonyl (C=O) groups is 2. The molecule has 1 aliphatic heterocycles. The average Bonchev–Trinajstić information content (AvgIpc) is 2.74. The predicted octanol–water partition coefficient (Wildman–Crippen LogP) is -0.0900. The average molecular weight is 223 g/mol. The number of rotatable bonds is 2. The summed E-state index contributed by atoms with van der Waals surface area (Å²) in [7, 11) is 0. The Morgan fingerprint density at radius 2 is 2.25 bits per heavy atom. The lowest BCUT2D eigenvalue weighted by atomic mass is 10.1. The molecule has 0 bridgehead atoms. The van der Waals surface area contributed by atoms with Crippen LogP contribution in [-0.4, -0.2) is 34.0 Å². The van der Waals surface area contributed by atoms with Gasteiger partial charge in [-0.3, -0.25) is 9.59 Å². The van der Waals surface area contributed by atoms with Crippen LogP contribution in [0.2, 0.25) is 0 Å². The predicted molar refractivity (Wildman–Crippen MR) is 54.1 cm³/mol. The molecule has 6 nitrogen and oxygen atoms in total. The number of nitrogens with zero attached hydrogens (tertiary/aromatic N) is 2. The topological polar surface area (TPSA) is 75.4 Å². The summed E-state index contributed by atoms with van der Waals surface area (Å²) in [6, 6.07) is 0.720. The Hall–Kier alpha value is -1.85. The number of aromatic nitrogens is 1. The lowest BCUT2D eigenvalue weighted by Gasteiger charge is -2.35. The molecule has 2 atom stereocenters. The minimum absolute atomic E-state index is 0.108. The zero-order chi connectivity index (χ0) is 11.7. The summed E-state index contributed by atoms with van der Waals surface area (Å²) in [6.07, 6.45) is 1.51. The monoisotopic (exact) mass is 223 g/mol. The van der Waals surface area contributed by atoms with Crippen molar-refractivity contribution in [2.75, 3.05) is 0 Å². The number of amides is 2. The molecule has 0 radical (unpaired) electrons. The van der Waals surface area contributed by atoms with Crippen molar-refractivity contribution < 1.29 is 14.1 Å². The fourth-order valence-corrected chi connectivity index (χ4v) is 1.68. The molecule has 2 rings (SSSR count). The quantitative estimate of drug-likeness (QED) is 0.760. The standard InChI is InChI=1S/C10H13N3O3/c1-6-10(15)13(7(2)9(14)12-6)5-8-3-4-11-16-8/h3-4,6-7H,5H2,1-2H3,(H,12,14). The maximum Gasteiger partial charge on any atom is 0.245 e. The Balaban J connectivity index is 2.17. The van der Waals surface area contributed by atoms with Gasteiger partial charge in [0.25, 0.3) is 0 Å². The first kappa shape index (κ1) is 10.7. The fraction of sp³-hybridized carbons (Fsp3) is 0.500. The lowest BCUT2D eigenvalue weighted by molar-refractivity contribution is -0.149. The van der Waals surface area contributed by atoms with Crippen molar-refractivity contribution in [1.82, 2.24) is 15.4 Å². The first-order chi connectivity index (χ1) is 7.59. The van der Waals surface area contributed by atoms with Crippen LogP contribution in [0.3, 0.4) is 0 Å². The molecule has 0 saturated carbocycles. The van der Waals surface area contributed by atoms with Crippen LogP contribution in [0.15, 0.2) is 16.8 Å². The van der Waals surface area contributed by atoms with Crippen molar-refractivity contribution in [3.8, 4) is 0 Å². The van der Waals surface area contributed by atoms with E-state index in [0.29, 0.717) is 5.76 Å². The van der Waals surface area contributed by atoms with E-state index in [1.807, 2.05) is 0 Å². The highest BCUT2D eigenvalue weighted by Gasteiger charge is 2.36. The molecule has 1 aromatic rings. The zero-order valence-electron chi connectivity index (χ0n) is 9.14. The summed E-state index contributed by atoms with van der Waals surface area (Å²) >= 11 is 0. The molecule has 1 aromatic heterocycles. The van der Waals surface area contributed by atoms with Gasteiger partial charge in [0.15, 0.2) is 5.76 Å². The first-order valence-corrected chi connectivity index (χ1v) is 5.10. The molecule has 1 N–H and O–H groups in total. The number of nitrogens with one attached hydrogen (secondary N) is 1. The normalized spacial score (nSPS) is 25.8. The molecule has 1 fully saturated rings. The first-order valence-electron chi connectivity index (χ1n) is 5.10. The molecule has 2 amide bonds. The second-order valence-electron chi connectivity index (χ2n) is 3.85. The minimum atomic E-state index is -0.480. The van der Waals surface area contributed by atoms with Gasteiger partial charge in [-0.25, -0.2) is 0 Å². The van der Waals surface area contributed by atoms with Crippen molar-refractivity contribution in [1.29, 1.82) is 0 Å². The number of hydrogen-bond donors (Lipinski definition) is 1. The molecular weight excluding hydrogens is 210 g/mol. The van der Waals surface area contributed by atoms with Gasteiger partial charge in [0, 0.05) is 6.07 Å². The van der Waals surface area contributed by atoms with Gasteiger partial charge in [-0.1, -0.05) is 5.16 Å². The Labute approximate surface area is 92.6 Å². The Bertz CT molecular complexity index is 401. The van der Waals surface area contributed by atoms with E-state index in [0.717, 1.165) is 0 Å². The lowest BCUT2D eigenvalue weighted by Crippen LogP contribution is -2.60. The van der Waals surface area contributed by atoms with E-state index >= 15 is 0 Å². The fourth-order valence-electron chi connectivity index (χ4n) is 1.68. The molecule has 1 saturated heterocycles. The van der Waals surface area contributed by atoms with Crippen molar-refractivity contribution in [2.45, 2.75) is 32.5 Å². The van der Waals surface area contributed by atoms with E-state index < -0.39 is 12.1 Å². The highest BCUT2D eigenvalue weighted by atomic mass is 16.5. The molecule has 2 unspecified atom stereocenters. The molecule has 2 heterocycles. The van der Waals surface area contributed by atoms with Gasteiger partial charge in [-0.05, 0) is 13.8 Å². The van der Waals surface area contributed by atoms with E-state index in [1.54, 1.807) is 19.9 Å². The van der Waals surface area contributed by atoms with Gasteiger partial charge >= 0.3 is 0 Å². The van der Waals surface area contributed by atoms with Crippen LogP contribution >= 0.6 is 0 Å². The summed E-state index contributed by atoms with van der Waals surface area (Å²) in [5, 5.41) is 6.17. The highest BCUT2D eigenvalue weighted by molar-refractivity contribution is 5.96. The van der Waals surface area contributed by atoms with Gasteiger partial charge in [-0.15, -0.1) is 0 Å². The third kappa shape index (κ3) is 1.78. The molecule has 86 valence electrons. The Morgan fingerprint density at radius 1 is 1.50 bits per heavy atom. The van der Waals surface area contributed by atoms with Crippen LogP contribution < -0.4 is 5.32 Å². The van der Waals surface area contributed by atoms with E-state index in [4.69, 9.17) is 4.52 Å². The smallest absolute Gasteiger partial charge is 0.245 e. The van der Waals surface area contributed by atoms with Crippen molar-refractivity contribution in [3.63, 3.8) is 0 Å². The van der Waals surface area contributed by atoms with Crippen LogP contribution in [0.5, 0.6) is 0 Å². The molecular formula is C10H13N3O3. The zero-order valence-corrected chi connectivity index (χ0v) is 9.14. The number of carbonyl (C=O) groups excluding carboxylic acids is 2. The summed E-state index contributed by atoms with van der Waals surface area (Å²) in [6.45, 7) is 3.63. The van der Waals surface area contributed by atoms with Crippen molar-refractivity contribution >= 4 is 11.8 Å². The molecule has 0 aromatic carbocycles. The maximum absolute atomic E-state index is 11.9. The van der Waals surface area contributed by atoms with Crippen LogP contribution in [0, 0.1) is 0 Å². The molecule has 16 heavy (non-hydrogen) atoms. The maximum atomic E-state index is 11.9. The SMILES string of the molecule is CC1NC(=O)C(C)N(Cc2ccno2)C1=O. The largest absolute Gasteiger partial charge is 0.360 e. The summed E-state index contributed by atoms with van der Waals surface area (Å²) in [5.41, 5.74) is 0. The molecule has 0 aliphatic carbocycles. The second kappa shape index (κ2) is 3.96. The van der Waals surface area contributed by atoms with Gasteiger partial charge < -0.3 is 14.7 Å². The number of hydrogen-bond acceptors (Lipinski definition) is 4. The Kier molecular flexibility index (Phi) is 2.64. The van der Waals surface area contributed by atoms with Gasteiger partial charge in [0.1, 0.15) is 12.1 Å². The second-order valence-corrected chi connectivity index (χ2v) is 3.85.